The predicted octanol–water partition coefficient (Wildman–Crippen LogP) is 2.28. The summed E-state index contributed by atoms with van der Waals surface area (Å²) < 4.78 is 37.8. The molecule has 0 saturated heterocycles. The zero-order valence-corrected chi connectivity index (χ0v) is 15.1. The summed E-state index contributed by atoms with van der Waals surface area (Å²) in [5.74, 6) is 1.25. The Bertz CT molecular complexity index is 894. The molecule has 2 N–H and O–H groups in total. The molecule has 8 heteroatoms. The molecular formula is C18H20N2O5S. The van der Waals surface area contributed by atoms with E-state index in [0.29, 0.717) is 18.7 Å². The predicted molar refractivity (Wildman–Crippen MR) is 96.8 cm³/mol. The van der Waals surface area contributed by atoms with E-state index in [1.165, 1.54) is 19.1 Å². The Hall–Kier alpha value is -2.58. The van der Waals surface area contributed by atoms with E-state index >= 15 is 0 Å². The summed E-state index contributed by atoms with van der Waals surface area (Å²) in [6, 6.07) is 11.8. The summed E-state index contributed by atoms with van der Waals surface area (Å²) in [4.78, 5) is 11.2. The van der Waals surface area contributed by atoms with Gasteiger partial charge in [-0.05, 0) is 54.8 Å². The van der Waals surface area contributed by atoms with Gasteiger partial charge in [-0.1, -0.05) is 6.07 Å². The van der Waals surface area contributed by atoms with Gasteiger partial charge in [-0.2, -0.15) is 0 Å². The average molecular weight is 376 g/mol. The Morgan fingerprint density at radius 2 is 1.81 bits per heavy atom. The zero-order chi connectivity index (χ0) is 18.6. The highest BCUT2D eigenvalue weighted by atomic mass is 32.2. The van der Waals surface area contributed by atoms with Crippen molar-refractivity contribution in [3.63, 3.8) is 0 Å². The number of nitrogens with one attached hydrogen (secondary N) is 2. The van der Waals surface area contributed by atoms with E-state index in [1.807, 2.05) is 18.2 Å². The highest BCUT2D eigenvalue weighted by molar-refractivity contribution is 7.89. The van der Waals surface area contributed by atoms with Crippen LogP contribution in [-0.4, -0.2) is 27.7 Å². The maximum Gasteiger partial charge on any atom is 0.240 e. The molecule has 7 nitrogen and oxygen atoms in total. The summed E-state index contributed by atoms with van der Waals surface area (Å²) in [5.41, 5.74) is 1.62. The van der Waals surface area contributed by atoms with Crippen molar-refractivity contribution in [3.8, 4) is 11.5 Å². The number of fused-ring (bicyclic) bond motifs is 1. The first kappa shape index (κ1) is 18.2. The lowest BCUT2D eigenvalue weighted by Gasteiger charge is -2.08. The fourth-order valence-electron chi connectivity index (χ4n) is 2.60. The Balaban J connectivity index is 1.51. The number of rotatable bonds is 7. The summed E-state index contributed by atoms with van der Waals surface area (Å²) >= 11 is 0. The summed E-state index contributed by atoms with van der Waals surface area (Å²) in [7, 11) is -3.58. The molecule has 2 aromatic carbocycles. The molecule has 1 aliphatic heterocycles. The van der Waals surface area contributed by atoms with Gasteiger partial charge in [0.1, 0.15) is 0 Å². The number of aryl methyl sites for hydroxylation is 1. The van der Waals surface area contributed by atoms with Crippen LogP contribution in [0.2, 0.25) is 0 Å². The van der Waals surface area contributed by atoms with E-state index in [1.54, 1.807) is 12.1 Å². The molecule has 0 aromatic heterocycles. The topological polar surface area (TPSA) is 93.7 Å². The normalized spacial score (nSPS) is 12.8. The second-order valence-electron chi connectivity index (χ2n) is 5.89. The monoisotopic (exact) mass is 376 g/mol. The molecule has 0 spiro atoms. The van der Waals surface area contributed by atoms with Crippen LogP contribution in [-0.2, 0) is 21.2 Å². The highest BCUT2D eigenvalue weighted by Gasteiger charge is 2.15. The number of carbonyl (C=O) groups excluding carboxylic acids is 1. The second-order valence-corrected chi connectivity index (χ2v) is 7.66. The molecule has 2 aromatic rings. The van der Waals surface area contributed by atoms with E-state index in [9.17, 15) is 13.2 Å². The quantitative estimate of drug-likeness (QED) is 0.723. The largest absolute Gasteiger partial charge is 0.454 e. The SMILES string of the molecule is CC(=O)Nc1ccc(S(=O)(=O)NCCCc2ccc3c(c2)OCO3)cc1. The van der Waals surface area contributed by atoms with Crippen molar-refractivity contribution >= 4 is 21.6 Å². The molecule has 1 aliphatic rings. The van der Waals surface area contributed by atoms with Crippen LogP contribution in [0.4, 0.5) is 5.69 Å². The van der Waals surface area contributed by atoms with Crippen molar-refractivity contribution in [1.29, 1.82) is 0 Å². The molecule has 3 rings (SSSR count). The fourth-order valence-corrected chi connectivity index (χ4v) is 3.67. The molecule has 1 amide bonds. The van der Waals surface area contributed by atoms with Gasteiger partial charge in [-0.25, -0.2) is 13.1 Å². The number of ether oxygens (including phenoxy) is 2. The molecular weight excluding hydrogens is 356 g/mol. The summed E-state index contributed by atoms with van der Waals surface area (Å²) in [6.45, 7) is 1.95. The summed E-state index contributed by atoms with van der Waals surface area (Å²) in [5, 5.41) is 2.60. The Labute approximate surface area is 152 Å². The first-order valence-electron chi connectivity index (χ1n) is 8.20. The first-order valence-corrected chi connectivity index (χ1v) is 9.68. The highest BCUT2D eigenvalue weighted by Crippen LogP contribution is 2.32. The molecule has 0 saturated carbocycles. The maximum atomic E-state index is 12.3. The Morgan fingerprint density at radius 1 is 1.08 bits per heavy atom. The molecule has 0 radical (unpaired) electrons. The zero-order valence-electron chi connectivity index (χ0n) is 14.3. The van der Waals surface area contributed by atoms with Gasteiger partial charge >= 0.3 is 0 Å². The minimum Gasteiger partial charge on any atom is -0.454 e. The molecule has 0 fully saturated rings. The molecule has 26 heavy (non-hydrogen) atoms. The van der Waals surface area contributed by atoms with Gasteiger partial charge in [-0.15, -0.1) is 0 Å². The van der Waals surface area contributed by atoms with Crippen LogP contribution < -0.4 is 19.5 Å². The molecule has 0 atom stereocenters. The van der Waals surface area contributed by atoms with Crippen molar-refractivity contribution in [3.05, 3.63) is 48.0 Å². The van der Waals surface area contributed by atoms with Gasteiger partial charge in [0.2, 0.25) is 22.7 Å². The molecule has 0 aliphatic carbocycles. The standard InChI is InChI=1S/C18H20N2O5S/c1-13(21)20-15-5-7-16(8-6-15)26(22,23)19-10-2-3-14-4-9-17-18(11-14)25-12-24-17/h4-9,11,19H,2-3,10,12H2,1H3,(H,20,21). The number of amides is 1. The van der Waals surface area contributed by atoms with E-state index in [0.717, 1.165) is 23.5 Å². The van der Waals surface area contributed by atoms with Crippen molar-refractivity contribution in [1.82, 2.24) is 4.72 Å². The van der Waals surface area contributed by atoms with Gasteiger partial charge in [0.25, 0.3) is 0 Å². The number of hydrogen-bond donors (Lipinski definition) is 2. The van der Waals surface area contributed by atoms with Gasteiger partial charge in [0.05, 0.1) is 4.90 Å². The van der Waals surface area contributed by atoms with Gasteiger partial charge in [-0.3, -0.25) is 4.79 Å². The van der Waals surface area contributed by atoms with Crippen LogP contribution in [0.25, 0.3) is 0 Å². The molecule has 0 unspecified atom stereocenters. The van der Waals surface area contributed by atoms with Crippen LogP contribution in [0.5, 0.6) is 11.5 Å². The van der Waals surface area contributed by atoms with E-state index < -0.39 is 10.0 Å². The Morgan fingerprint density at radius 3 is 2.54 bits per heavy atom. The van der Waals surface area contributed by atoms with Crippen molar-refractivity contribution < 1.29 is 22.7 Å². The number of hydrogen-bond acceptors (Lipinski definition) is 5. The van der Waals surface area contributed by atoms with Gasteiger partial charge in [0.15, 0.2) is 11.5 Å². The van der Waals surface area contributed by atoms with Crippen molar-refractivity contribution in [2.24, 2.45) is 0 Å². The van der Waals surface area contributed by atoms with Crippen LogP contribution in [0.3, 0.4) is 0 Å². The maximum absolute atomic E-state index is 12.3. The van der Waals surface area contributed by atoms with Crippen molar-refractivity contribution in [2.75, 3.05) is 18.7 Å². The third-order valence-corrected chi connectivity index (χ3v) is 5.33. The minimum absolute atomic E-state index is 0.162. The molecule has 0 bridgehead atoms. The van der Waals surface area contributed by atoms with Gasteiger partial charge in [0, 0.05) is 19.2 Å². The smallest absolute Gasteiger partial charge is 0.240 e. The third kappa shape index (κ3) is 4.53. The van der Waals surface area contributed by atoms with Crippen LogP contribution in [0.15, 0.2) is 47.4 Å². The molecule has 138 valence electrons. The average Bonchev–Trinajstić information content (AvgIpc) is 3.06. The number of benzene rings is 2. The minimum atomic E-state index is -3.58. The lowest BCUT2D eigenvalue weighted by atomic mass is 10.1. The first-order chi connectivity index (χ1) is 12.4. The summed E-state index contributed by atoms with van der Waals surface area (Å²) in [6.07, 6.45) is 1.38. The van der Waals surface area contributed by atoms with Crippen LogP contribution >= 0.6 is 0 Å². The van der Waals surface area contributed by atoms with E-state index in [4.69, 9.17) is 9.47 Å². The van der Waals surface area contributed by atoms with Crippen LogP contribution in [0.1, 0.15) is 18.9 Å². The lowest BCUT2D eigenvalue weighted by molar-refractivity contribution is -0.114. The van der Waals surface area contributed by atoms with E-state index in [2.05, 4.69) is 10.0 Å². The fraction of sp³-hybridized carbons (Fsp3) is 0.278. The number of carbonyl (C=O) groups is 1. The van der Waals surface area contributed by atoms with E-state index in [-0.39, 0.29) is 17.6 Å². The van der Waals surface area contributed by atoms with Gasteiger partial charge < -0.3 is 14.8 Å². The lowest BCUT2D eigenvalue weighted by Crippen LogP contribution is -2.25. The Kier molecular flexibility index (Phi) is 5.43. The number of sulfonamides is 1. The molecule has 1 heterocycles. The van der Waals surface area contributed by atoms with Crippen LogP contribution in [0, 0.1) is 0 Å². The van der Waals surface area contributed by atoms with Crippen molar-refractivity contribution in [2.45, 2.75) is 24.7 Å². The number of anilines is 1. The second kappa shape index (κ2) is 7.76. The third-order valence-electron chi connectivity index (χ3n) is 3.86.